The summed E-state index contributed by atoms with van der Waals surface area (Å²) in [5.41, 5.74) is -1.18. The van der Waals surface area contributed by atoms with Crippen LogP contribution in [0, 0.1) is 0 Å². The average Bonchev–Trinajstić information content (AvgIpc) is 2.76. The fourth-order valence-electron chi connectivity index (χ4n) is 4.52. The number of anilines is 2. The van der Waals surface area contributed by atoms with E-state index in [1.807, 2.05) is 0 Å². The molecule has 3 amide bonds. The van der Waals surface area contributed by atoms with E-state index in [4.69, 9.17) is 4.74 Å². The first kappa shape index (κ1) is 22.6. The highest BCUT2D eigenvalue weighted by Gasteiger charge is 2.52. The van der Waals surface area contributed by atoms with Gasteiger partial charge in [0.1, 0.15) is 5.75 Å². The van der Waals surface area contributed by atoms with Crippen LogP contribution in [0.2, 0.25) is 0 Å². The first-order valence-electron chi connectivity index (χ1n) is 11.0. The quantitative estimate of drug-likeness (QED) is 0.556. The third-order valence-electron chi connectivity index (χ3n) is 6.19. The number of hydrogen-bond donors (Lipinski definition) is 3. The first-order chi connectivity index (χ1) is 15.4. The summed E-state index contributed by atoms with van der Waals surface area (Å²) in [5.74, 6) is -0.0989. The summed E-state index contributed by atoms with van der Waals surface area (Å²) >= 11 is 3.43. The Hall–Kier alpha value is -2.58. The molecule has 1 saturated carbocycles. The normalized spacial score (nSPS) is 21.7. The second-order valence-corrected chi connectivity index (χ2v) is 9.26. The zero-order valence-electron chi connectivity index (χ0n) is 18.1. The molecule has 0 unspecified atom stereocenters. The van der Waals surface area contributed by atoms with Crippen molar-refractivity contribution >= 4 is 39.2 Å². The first-order valence-corrected chi connectivity index (χ1v) is 11.8. The number of rotatable bonds is 4. The van der Waals surface area contributed by atoms with E-state index in [1.54, 1.807) is 42.5 Å². The van der Waals surface area contributed by atoms with Gasteiger partial charge in [0.05, 0.1) is 18.5 Å². The van der Waals surface area contributed by atoms with Crippen molar-refractivity contribution in [2.75, 3.05) is 17.3 Å². The number of aliphatic hydroxyl groups is 1. The van der Waals surface area contributed by atoms with Gasteiger partial charge in [0.2, 0.25) is 0 Å². The second kappa shape index (κ2) is 9.50. The Morgan fingerprint density at radius 1 is 1.16 bits per heavy atom. The number of nitrogens with zero attached hydrogens (tertiary/aromatic N) is 1. The van der Waals surface area contributed by atoms with E-state index >= 15 is 0 Å². The molecule has 32 heavy (non-hydrogen) atoms. The maximum Gasteiger partial charge on any atom is 0.329 e. The Kier molecular flexibility index (Phi) is 6.71. The highest BCUT2D eigenvalue weighted by Crippen LogP contribution is 2.41. The number of carbonyl (C=O) groups excluding carboxylic acids is 2. The van der Waals surface area contributed by atoms with Gasteiger partial charge < -0.3 is 20.5 Å². The Balaban J connectivity index is 1.77. The lowest BCUT2D eigenvalue weighted by atomic mass is 9.92. The fraction of sp³-hybridized carbons (Fsp3) is 0.417. The molecular formula is C24H28BrN3O4. The van der Waals surface area contributed by atoms with Crippen LogP contribution < -0.4 is 20.3 Å². The van der Waals surface area contributed by atoms with Crippen LogP contribution >= 0.6 is 15.9 Å². The average molecular weight is 502 g/mol. The van der Waals surface area contributed by atoms with Crippen molar-refractivity contribution in [1.82, 2.24) is 5.32 Å². The number of methoxy groups -OCH3 is 1. The summed E-state index contributed by atoms with van der Waals surface area (Å²) in [4.78, 5) is 28.0. The summed E-state index contributed by atoms with van der Waals surface area (Å²) in [6, 6.07) is 11.2. The van der Waals surface area contributed by atoms with Gasteiger partial charge in [-0.1, -0.05) is 54.1 Å². The van der Waals surface area contributed by atoms with Crippen molar-refractivity contribution in [3.8, 4) is 5.75 Å². The minimum atomic E-state index is -2.23. The smallest absolute Gasteiger partial charge is 0.329 e. The zero-order valence-corrected chi connectivity index (χ0v) is 19.7. The Labute approximate surface area is 196 Å². The van der Waals surface area contributed by atoms with E-state index in [0.717, 1.165) is 43.4 Å². The molecule has 0 spiro atoms. The van der Waals surface area contributed by atoms with Crippen molar-refractivity contribution in [3.05, 3.63) is 52.5 Å². The number of benzene rings is 2. The second-order valence-electron chi connectivity index (χ2n) is 8.34. The van der Waals surface area contributed by atoms with Crippen LogP contribution in [-0.2, 0) is 10.5 Å². The number of amides is 3. The van der Waals surface area contributed by atoms with Crippen molar-refractivity contribution in [1.29, 1.82) is 0 Å². The van der Waals surface area contributed by atoms with Crippen LogP contribution in [0.4, 0.5) is 16.2 Å². The third-order valence-corrected chi connectivity index (χ3v) is 6.69. The lowest BCUT2D eigenvalue weighted by Crippen LogP contribution is -2.63. The predicted molar refractivity (Wildman–Crippen MR) is 127 cm³/mol. The Bertz CT molecular complexity index is 1010. The largest absolute Gasteiger partial charge is 0.497 e. The van der Waals surface area contributed by atoms with Crippen molar-refractivity contribution in [2.24, 2.45) is 0 Å². The van der Waals surface area contributed by atoms with E-state index in [1.165, 1.54) is 13.5 Å². The lowest BCUT2D eigenvalue weighted by Gasteiger charge is -2.43. The summed E-state index contributed by atoms with van der Waals surface area (Å²) in [5, 5.41) is 17.9. The summed E-state index contributed by atoms with van der Waals surface area (Å²) in [6.45, 7) is 0. The maximum atomic E-state index is 13.7. The molecule has 0 bridgehead atoms. The molecule has 8 heteroatoms. The summed E-state index contributed by atoms with van der Waals surface area (Å²) in [7, 11) is 1.52. The number of carbonyl (C=O) groups is 2. The van der Waals surface area contributed by atoms with Gasteiger partial charge >= 0.3 is 6.03 Å². The Morgan fingerprint density at radius 2 is 1.88 bits per heavy atom. The predicted octanol–water partition coefficient (Wildman–Crippen LogP) is 4.88. The molecule has 0 radical (unpaired) electrons. The van der Waals surface area contributed by atoms with Crippen LogP contribution in [0.3, 0.4) is 0 Å². The monoisotopic (exact) mass is 501 g/mol. The van der Waals surface area contributed by atoms with Gasteiger partial charge in [0.25, 0.3) is 11.6 Å². The third kappa shape index (κ3) is 4.34. The van der Waals surface area contributed by atoms with E-state index in [-0.39, 0.29) is 6.04 Å². The molecule has 2 aliphatic rings. The number of urea groups is 1. The SMILES string of the molecule is COc1cccc(N2C(=O)Nc3ccc(Br)cc3[C@@]2(O)C(=O)NC2CCCCCCC2)c1. The van der Waals surface area contributed by atoms with Crippen LogP contribution in [0.1, 0.15) is 50.5 Å². The van der Waals surface area contributed by atoms with Crippen molar-refractivity contribution in [3.63, 3.8) is 0 Å². The molecule has 7 nitrogen and oxygen atoms in total. The van der Waals surface area contributed by atoms with Gasteiger partial charge in [-0.15, -0.1) is 0 Å². The molecule has 0 saturated heterocycles. The van der Waals surface area contributed by atoms with Crippen LogP contribution in [0.15, 0.2) is 46.9 Å². The van der Waals surface area contributed by atoms with E-state index in [9.17, 15) is 14.7 Å². The lowest BCUT2D eigenvalue weighted by molar-refractivity contribution is -0.141. The molecule has 170 valence electrons. The molecule has 4 rings (SSSR count). The van der Waals surface area contributed by atoms with Crippen molar-refractivity contribution < 1.29 is 19.4 Å². The fourth-order valence-corrected chi connectivity index (χ4v) is 4.88. The van der Waals surface area contributed by atoms with Crippen LogP contribution in [0.25, 0.3) is 0 Å². The minimum Gasteiger partial charge on any atom is -0.497 e. The topological polar surface area (TPSA) is 90.9 Å². The van der Waals surface area contributed by atoms with Gasteiger partial charge in [-0.05, 0) is 43.2 Å². The molecule has 1 atom stereocenters. The van der Waals surface area contributed by atoms with Crippen LogP contribution in [-0.4, -0.2) is 30.2 Å². The molecule has 2 aromatic rings. The Morgan fingerprint density at radius 3 is 2.59 bits per heavy atom. The number of fused-ring (bicyclic) bond motifs is 1. The van der Waals surface area contributed by atoms with Gasteiger partial charge in [-0.3, -0.25) is 9.69 Å². The van der Waals surface area contributed by atoms with E-state index in [0.29, 0.717) is 27.2 Å². The standard InChI is InChI=1S/C24H28BrN3O4/c1-32-19-11-7-10-18(15-19)28-23(30)27-21-13-12-16(25)14-20(21)24(28,31)22(29)26-17-8-5-3-2-4-6-9-17/h7,10-15,17,31H,2-6,8-9H2,1H3,(H,26,29)(H,27,30)/t24-/m1/s1. The van der Waals surface area contributed by atoms with Crippen molar-refractivity contribution in [2.45, 2.75) is 56.7 Å². The maximum absolute atomic E-state index is 13.7. The van der Waals surface area contributed by atoms with E-state index < -0.39 is 17.7 Å². The molecule has 1 fully saturated rings. The molecule has 0 aromatic heterocycles. The zero-order chi connectivity index (χ0) is 22.7. The minimum absolute atomic E-state index is 0.0421. The molecule has 1 heterocycles. The molecule has 1 aliphatic heterocycles. The molecule has 3 N–H and O–H groups in total. The number of halogens is 1. The van der Waals surface area contributed by atoms with Gasteiger partial charge in [0, 0.05) is 22.1 Å². The molecule has 1 aliphatic carbocycles. The summed E-state index contributed by atoms with van der Waals surface area (Å²) in [6.07, 6.45) is 7.29. The van der Waals surface area contributed by atoms with Gasteiger partial charge in [-0.2, -0.15) is 0 Å². The highest BCUT2D eigenvalue weighted by atomic mass is 79.9. The van der Waals surface area contributed by atoms with Gasteiger partial charge in [-0.25, -0.2) is 4.79 Å². The van der Waals surface area contributed by atoms with Crippen LogP contribution in [0.5, 0.6) is 5.75 Å². The number of nitrogens with one attached hydrogen (secondary N) is 2. The highest BCUT2D eigenvalue weighted by molar-refractivity contribution is 9.10. The van der Waals surface area contributed by atoms with Gasteiger partial charge in [0.15, 0.2) is 0 Å². The molecule has 2 aromatic carbocycles. The van der Waals surface area contributed by atoms with E-state index in [2.05, 4.69) is 26.6 Å². The number of ether oxygens (including phenoxy) is 1. The number of hydrogen-bond acceptors (Lipinski definition) is 4. The summed E-state index contributed by atoms with van der Waals surface area (Å²) < 4.78 is 5.99. The molecular weight excluding hydrogens is 474 g/mol.